The third-order valence-electron chi connectivity index (χ3n) is 1.72. The van der Waals surface area contributed by atoms with Gasteiger partial charge < -0.3 is 0 Å². The van der Waals surface area contributed by atoms with Crippen LogP contribution in [0.2, 0.25) is 0 Å². The molecule has 0 spiro atoms. The fraction of sp³-hybridized carbons (Fsp3) is 0.538. The van der Waals surface area contributed by atoms with Gasteiger partial charge in [0.1, 0.15) is 0 Å². The van der Waals surface area contributed by atoms with Crippen molar-refractivity contribution >= 4 is 21.6 Å². The van der Waals surface area contributed by atoms with E-state index < -0.39 is 0 Å². The van der Waals surface area contributed by atoms with E-state index in [2.05, 4.69) is 38.1 Å². The summed E-state index contributed by atoms with van der Waals surface area (Å²) in [5.74, 6) is 2.39. The van der Waals surface area contributed by atoms with Crippen LogP contribution in [0.1, 0.15) is 38.3 Å². The highest BCUT2D eigenvalue weighted by Gasteiger charge is 1.93. The van der Waals surface area contributed by atoms with E-state index in [0.29, 0.717) is 0 Å². The van der Waals surface area contributed by atoms with Crippen molar-refractivity contribution in [2.24, 2.45) is 0 Å². The molecule has 0 unspecified atom stereocenters. The van der Waals surface area contributed by atoms with Gasteiger partial charge >= 0.3 is 0 Å². The molecule has 1 aromatic carbocycles. The van der Waals surface area contributed by atoms with Gasteiger partial charge in [0.05, 0.1) is 0 Å². The highest BCUT2D eigenvalue weighted by molar-refractivity contribution is 8.76. The number of benzene rings is 1. The Hall–Kier alpha value is -0.0800. The van der Waals surface area contributed by atoms with Crippen LogP contribution in [0, 0.1) is 6.92 Å². The summed E-state index contributed by atoms with van der Waals surface area (Å²) in [5, 5.41) is 0. The van der Waals surface area contributed by atoms with E-state index in [1.807, 2.05) is 35.4 Å². The Kier molecular flexibility index (Phi) is 10.4. The van der Waals surface area contributed by atoms with Crippen LogP contribution >= 0.6 is 21.6 Å². The predicted octanol–water partition coefficient (Wildman–Crippen LogP) is 5.31. The summed E-state index contributed by atoms with van der Waals surface area (Å²) in [7, 11) is 3.92. The Morgan fingerprint density at radius 1 is 1.00 bits per heavy atom. The molecule has 1 aromatic rings. The monoisotopic (exact) mass is 242 g/mol. The van der Waals surface area contributed by atoms with E-state index in [4.69, 9.17) is 0 Å². The molecule has 0 heterocycles. The molecule has 0 saturated carbocycles. The van der Waals surface area contributed by atoms with Crippen LogP contribution < -0.4 is 0 Å². The summed E-state index contributed by atoms with van der Waals surface area (Å²) in [6.07, 6.45) is 1.27. The van der Waals surface area contributed by atoms with E-state index in [1.54, 1.807) is 0 Å². The topological polar surface area (TPSA) is 0 Å². The van der Waals surface area contributed by atoms with Crippen LogP contribution in [0.25, 0.3) is 0 Å². The zero-order chi connectivity index (χ0) is 11.5. The normalized spacial score (nSPS) is 9.33. The van der Waals surface area contributed by atoms with Crippen molar-refractivity contribution in [2.75, 3.05) is 5.75 Å². The first kappa shape index (κ1) is 14.9. The number of rotatable bonds is 5. The quantitative estimate of drug-likeness (QED) is 0.507. The van der Waals surface area contributed by atoms with Gasteiger partial charge in [-0.1, -0.05) is 72.2 Å². The molecule has 0 bridgehead atoms. The van der Waals surface area contributed by atoms with Crippen LogP contribution in [-0.2, 0) is 5.75 Å². The lowest BCUT2D eigenvalue weighted by Gasteiger charge is -2.00. The van der Waals surface area contributed by atoms with Gasteiger partial charge in [0.15, 0.2) is 0 Å². The highest BCUT2D eigenvalue weighted by Crippen LogP contribution is 2.26. The van der Waals surface area contributed by atoms with Crippen molar-refractivity contribution < 1.29 is 0 Å². The molecular formula is C13H22S2. The Morgan fingerprint density at radius 2 is 1.60 bits per heavy atom. The lowest BCUT2D eigenvalue weighted by Crippen LogP contribution is -1.79. The zero-order valence-electron chi connectivity index (χ0n) is 10.2. The van der Waals surface area contributed by atoms with Gasteiger partial charge in [0, 0.05) is 11.5 Å². The lowest BCUT2D eigenvalue weighted by atomic mass is 10.2. The van der Waals surface area contributed by atoms with Crippen molar-refractivity contribution in [3.63, 3.8) is 0 Å². The molecule has 0 amide bonds. The Morgan fingerprint density at radius 3 is 2.13 bits per heavy atom. The number of hydrogen-bond acceptors (Lipinski definition) is 2. The largest absolute Gasteiger partial charge is 0.0938 e. The predicted molar refractivity (Wildman–Crippen MR) is 76.6 cm³/mol. The van der Waals surface area contributed by atoms with E-state index in [1.165, 1.54) is 23.3 Å². The second-order valence-corrected chi connectivity index (χ2v) is 5.65. The van der Waals surface area contributed by atoms with E-state index in [9.17, 15) is 0 Å². The fourth-order valence-corrected chi connectivity index (χ4v) is 3.14. The molecule has 0 saturated heterocycles. The third kappa shape index (κ3) is 7.80. The van der Waals surface area contributed by atoms with Crippen LogP contribution in [0.3, 0.4) is 0 Å². The maximum Gasteiger partial charge on any atom is 0.0288 e. The van der Waals surface area contributed by atoms with Crippen molar-refractivity contribution in [2.45, 2.75) is 39.9 Å². The van der Waals surface area contributed by atoms with Crippen molar-refractivity contribution in [3.8, 4) is 0 Å². The molecule has 86 valence electrons. The molecule has 0 aromatic heterocycles. The van der Waals surface area contributed by atoms with Gasteiger partial charge in [-0.15, -0.1) is 0 Å². The van der Waals surface area contributed by atoms with Crippen molar-refractivity contribution in [1.82, 2.24) is 0 Å². The first-order valence-corrected chi connectivity index (χ1v) is 8.11. The standard InChI is InChI=1S/C11H16S2.C2H6/c1-3-8-12-13-9-11-6-4-10(2)5-7-11;1-2/h4-7H,3,8-9H2,1-2H3;1-2H3. The average molecular weight is 242 g/mol. The average Bonchev–Trinajstić information content (AvgIpc) is 2.30. The second kappa shape index (κ2) is 10.4. The number of aryl methyl sites for hydroxylation is 1. The Bertz CT molecular complexity index is 229. The second-order valence-electron chi connectivity index (χ2n) is 3.07. The van der Waals surface area contributed by atoms with E-state index >= 15 is 0 Å². The maximum absolute atomic E-state index is 2.22. The molecule has 0 atom stereocenters. The van der Waals surface area contributed by atoms with Crippen molar-refractivity contribution in [1.29, 1.82) is 0 Å². The first-order chi connectivity index (χ1) is 7.33. The van der Waals surface area contributed by atoms with Crippen molar-refractivity contribution in [3.05, 3.63) is 35.4 Å². The summed E-state index contributed by atoms with van der Waals surface area (Å²) in [5.41, 5.74) is 2.77. The molecule has 0 radical (unpaired) electrons. The molecule has 0 aliphatic carbocycles. The van der Waals surface area contributed by atoms with Crippen LogP contribution in [0.5, 0.6) is 0 Å². The molecule has 0 aliphatic rings. The summed E-state index contributed by atoms with van der Waals surface area (Å²) in [6, 6.07) is 8.80. The third-order valence-corrected chi connectivity index (χ3v) is 4.26. The summed E-state index contributed by atoms with van der Waals surface area (Å²) >= 11 is 0. The molecule has 1 rings (SSSR count). The van der Waals surface area contributed by atoms with Crippen LogP contribution in [0.4, 0.5) is 0 Å². The Labute approximate surface area is 103 Å². The summed E-state index contributed by atoms with van der Waals surface area (Å²) in [6.45, 7) is 8.35. The van der Waals surface area contributed by atoms with Crippen LogP contribution in [0.15, 0.2) is 24.3 Å². The van der Waals surface area contributed by atoms with Gasteiger partial charge in [0.25, 0.3) is 0 Å². The molecule has 15 heavy (non-hydrogen) atoms. The molecule has 2 heteroatoms. The van der Waals surface area contributed by atoms with Gasteiger partial charge in [0.2, 0.25) is 0 Å². The fourth-order valence-electron chi connectivity index (χ4n) is 0.936. The molecule has 0 N–H and O–H groups in total. The van der Waals surface area contributed by atoms with Gasteiger partial charge in [-0.05, 0) is 18.9 Å². The lowest BCUT2D eigenvalue weighted by molar-refractivity contribution is 1.11. The Balaban J connectivity index is 0.000000921. The molecule has 0 nitrogen and oxygen atoms in total. The molecule has 0 aliphatic heterocycles. The molecular weight excluding hydrogens is 220 g/mol. The minimum absolute atomic E-state index is 1.13. The van der Waals surface area contributed by atoms with Gasteiger partial charge in [-0.3, -0.25) is 0 Å². The van der Waals surface area contributed by atoms with Gasteiger partial charge in [-0.25, -0.2) is 0 Å². The maximum atomic E-state index is 2.22. The number of hydrogen-bond donors (Lipinski definition) is 0. The minimum atomic E-state index is 1.13. The first-order valence-electron chi connectivity index (χ1n) is 5.63. The molecule has 0 fully saturated rings. The zero-order valence-corrected chi connectivity index (χ0v) is 11.9. The summed E-state index contributed by atoms with van der Waals surface area (Å²) in [4.78, 5) is 0. The minimum Gasteiger partial charge on any atom is -0.0938 e. The van der Waals surface area contributed by atoms with E-state index in [0.717, 1.165) is 5.75 Å². The van der Waals surface area contributed by atoms with E-state index in [-0.39, 0.29) is 0 Å². The summed E-state index contributed by atoms with van der Waals surface area (Å²) < 4.78 is 0. The SMILES string of the molecule is CC.CCCSSCc1ccc(C)cc1. The van der Waals surface area contributed by atoms with Crippen LogP contribution in [-0.4, -0.2) is 5.75 Å². The smallest absolute Gasteiger partial charge is 0.0288 e. The highest BCUT2D eigenvalue weighted by atomic mass is 33.1. The van der Waals surface area contributed by atoms with Gasteiger partial charge in [-0.2, -0.15) is 0 Å².